The molecule has 0 unspecified atom stereocenters. The van der Waals surface area contributed by atoms with Crippen LogP contribution in [0.1, 0.15) is 35.2 Å². The van der Waals surface area contributed by atoms with E-state index in [0.29, 0.717) is 47.3 Å². The monoisotopic (exact) mass is 442 g/mol. The Morgan fingerprint density at radius 2 is 1.87 bits per heavy atom. The Labute approximate surface area is 184 Å². The molecular formula is C22H26N4O2S2. The maximum atomic E-state index is 13.3. The van der Waals surface area contributed by atoms with Gasteiger partial charge in [-0.2, -0.15) is 0 Å². The number of hydrogen-bond donors (Lipinski definition) is 4. The van der Waals surface area contributed by atoms with Gasteiger partial charge in [-0.05, 0) is 62.1 Å². The zero-order valence-electron chi connectivity index (χ0n) is 16.6. The SMILES string of the molecule is NCCC[C@H](NC(=O)[C@@H](N)CCc1ccccc1)C(=O)c1cccc2sc(=S)[nH]c12. The van der Waals surface area contributed by atoms with E-state index in [1.54, 1.807) is 6.07 Å². The number of nitrogens with two attached hydrogens (primary N) is 2. The number of hydrogen-bond acceptors (Lipinski definition) is 6. The summed E-state index contributed by atoms with van der Waals surface area (Å²) in [6.45, 7) is 0.435. The van der Waals surface area contributed by atoms with Crippen LogP contribution in [-0.4, -0.2) is 35.3 Å². The van der Waals surface area contributed by atoms with Gasteiger partial charge in [-0.15, -0.1) is 11.3 Å². The minimum Gasteiger partial charge on any atom is -0.345 e. The van der Waals surface area contributed by atoms with Crippen LogP contribution in [0.2, 0.25) is 0 Å². The van der Waals surface area contributed by atoms with E-state index in [4.69, 9.17) is 23.7 Å². The van der Waals surface area contributed by atoms with Crippen LogP contribution in [0.3, 0.4) is 0 Å². The van der Waals surface area contributed by atoms with Gasteiger partial charge in [0.15, 0.2) is 9.74 Å². The van der Waals surface area contributed by atoms with E-state index in [9.17, 15) is 9.59 Å². The molecule has 2 aromatic carbocycles. The molecule has 3 rings (SSSR count). The fraction of sp³-hybridized carbons (Fsp3) is 0.318. The van der Waals surface area contributed by atoms with Gasteiger partial charge in [0.25, 0.3) is 0 Å². The minimum absolute atomic E-state index is 0.165. The van der Waals surface area contributed by atoms with Crippen LogP contribution < -0.4 is 16.8 Å². The number of fused-ring (bicyclic) bond motifs is 1. The quantitative estimate of drug-likeness (QED) is 0.284. The van der Waals surface area contributed by atoms with Gasteiger partial charge in [0.05, 0.1) is 22.3 Å². The fourth-order valence-electron chi connectivity index (χ4n) is 3.33. The number of para-hydroxylation sites is 1. The van der Waals surface area contributed by atoms with Crippen LogP contribution in [0, 0.1) is 3.95 Å². The predicted octanol–water partition coefficient (Wildman–Crippen LogP) is 3.33. The summed E-state index contributed by atoms with van der Waals surface area (Å²) in [5.41, 5.74) is 14.1. The van der Waals surface area contributed by atoms with Crippen molar-refractivity contribution in [2.45, 2.75) is 37.8 Å². The summed E-state index contributed by atoms with van der Waals surface area (Å²) in [6.07, 6.45) is 2.27. The highest BCUT2D eigenvalue weighted by atomic mass is 32.1. The average Bonchev–Trinajstić information content (AvgIpc) is 3.15. The zero-order chi connectivity index (χ0) is 21.5. The number of H-pyrrole nitrogens is 1. The first kappa shape index (κ1) is 22.3. The maximum Gasteiger partial charge on any atom is 0.237 e. The summed E-state index contributed by atoms with van der Waals surface area (Å²) in [5.74, 6) is -0.492. The molecule has 0 saturated carbocycles. The Morgan fingerprint density at radius 3 is 2.60 bits per heavy atom. The van der Waals surface area contributed by atoms with Gasteiger partial charge in [-0.3, -0.25) is 9.59 Å². The third kappa shape index (κ3) is 5.60. The molecule has 0 fully saturated rings. The second kappa shape index (κ2) is 10.6. The van der Waals surface area contributed by atoms with Gasteiger partial charge in [0, 0.05) is 5.56 Å². The molecule has 3 aromatic rings. The number of Topliss-reactive ketones (excluding diaryl/α,β-unsaturated/α-hetero) is 1. The van der Waals surface area contributed by atoms with Crippen molar-refractivity contribution in [3.63, 3.8) is 0 Å². The van der Waals surface area contributed by atoms with Crippen molar-refractivity contribution in [1.82, 2.24) is 10.3 Å². The molecule has 30 heavy (non-hydrogen) atoms. The predicted molar refractivity (Wildman–Crippen MR) is 124 cm³/mol. The highest BCUT2D eigenvalue weighted by Crippen LogP contribution is 2.24. The molecule has 0 saturated heterocycles. The number of carbonyl (C=O) groups excluding carboxylic acids is 2. The van der Waals surface area contributed by atoms with Crippen molar-refractivity contribution in [2.75, 3.05) is 6.54 Å². The minimum atomic E-state index is -0.693. The van der Waals surface area contributed by atoms with E-state index in [2.05, 4.69) is 10.3 Å². The Kier molecular flexibility index (Phi) is 7.87. The van der Waals surface area contributed by atoms with Crippen molar-refractivity contribution in [1.29, 1.82) is 0 Å². The Bertz CT molecular complexity index is 1060. The maximum absolute atomic E-state index is 13.3. The van der Waals surface area contributed by atoms with Crippen LogP contribution in [0.25, 0.3) is 10.2 Å². The number of rotatable bonds is 10. The van der Waals surface area contributed by atoms with Gasteiger partial charge in [0.2, 0.25) is 5.91 Å². The summed E-state index contributed by atoms with van der Waals surface area (Å²) in [7, 11) is 0. The van der Waals surface area contributed by atoms with Gasteiger partial charge in [-0.25, -0.2) is 0 Å². The molecule has 0 bridgehead atoms. The summed E-state index contributed by atoms with van der Waals surface area (Å²) < 4.78 is 1.52. The molecule has 8 heteroatoms. The van der Waals surface area contributed by atoms with Crippen LogP contribution >= 0.6 is 23.6 Å². The van der Waals surface area contributed by atoms with Gasteiger partial charge in [-0.1, -0.05) is 36.4 Å². The number of amides is 1. The molecule has 2 atom stereocenters. The average molecular weight is 443 g/mol. The zero-order valence-corrected chi connectivity index (χ0v) is 18.2. The smallest absolute Gasteiger partial charge is 0.237 e. The normalized spacial score (nSPS) is 13.1. The first-order chi connectivity index (χ1) is 14.5. The number of nitrogens with one attached hydrogen (secondary N) is 2. The van der Waals surface area contributed by atoms with Crippen molar-refractivity contribution in [3.8, 4) is 0 Å². The Morgan fingerprint density at radius 1 is 1.10 bits per heavy atom. The summed E-state index contributed by atoms with van der Waals surface area (Å²) >= 11 is 6.63. The lowest BCUT2D eigenvalue weighted by Crippen LogP contribution is -2.48. The molecule has 0 spiro atoms. The van der Waals surface area contributed by atoms with E-state index < -0.39 is 12.1 Å². The van der Waals surface area contributed by atoms with Crippen LogP contribution in [0.15, 0.2) is 48.5 Å². The fourth-order valence-corrected chi connectivity index (χ4v) is 4.47. The molecule has 158 valence electrons. The lowest BCUT2D eigenvalue weighted by molar-refractivity contribution is -0.123. The van der Waals surface area contributed by atoms with Gasteiger partial charge in [0.1, 0.15) is 0 Å². The number of aromatic nitrogens is 1. The number of benzene rings is 2. The van der Waals surface area contributed by atoms with Crippen molar-refractivity contribution >= 4 is 45.5 Å². The molecule has 1 amide bonds. The lowest BCUT2D eigenvalue weighted by Gasteiger charge is -2.20. The molecule has 0 aliphatic carbocycles. The summed E-state index contributed by atoms with van der Waals surface area (Å²) in [4.78, 5) is 29.0. The van der Waals surface area contributed by atoms with E-state index in [0.717, 1.165) is 10.3 Å². The summed E-state index contributed by atoms with van der Waals surface area (Å²) in [6, 6.07) is 14.0. The standard InChI is InChI=1S/C22H26N4O2S2/c23-13-5-9-17(20(27)15-8-4-10-18-19(15)26-22(29)30-18)25-21(28)16(24)12-11-14-6-2-1-3-7-14/h1-4,6-8,10,16-17H,5,9,11-13,23-24H2,(H,25,28)(H,26,29)/t16-,17-/m0/s1. The van der Waals surface area contributed by atoms with Crippen LogP contribution in [-0.2, 0) is 11.2 Å². The highest BCUT2D eigenvalue weighted by Gasteiger charge is 2.26. The third-order valence-electron chi connectivity index (χ3n) is 4.97. The van der Waals surface area contributed by atoms with Crippen LogP contribution in [0.5, 0.6) is 0 Å². The molecule has 0 radical (unpaired) electrons. The van der Waals surface area contributed by atoms with Crippen LogP contribution in [0.4, 0.5) is 0 Å². The number of aryl methyl sites for hydroxylation is 1. The van der Waals surface area contributed by atoms with E-state index in [-0.39, 0.29) is 11.7 Å². The highest BCUT2D eigenvalue weighted by molar-refractivity contribution is 7.73. The third-order valence-corrected chi connectivity index (χ3v) is 6.17. The number of ketones is 1. The van der Waals surface area contributed by atoms with E-state index in [1.165, 1.54) is 11.3 Å². The van der Waals surface area contributed by atoms with E-state index in [1.807, 2.05) is 42.5 Å². The Balaban J connectivity index is 1.72. The molecule has 6 nitrogen and oxygen atoms in total. The summed E-state index contributed by atoms with van der Waals surface area (Å²) in [5, 5.41) is 2.85. The van der Waals surface area contributed by atoms with Crippen molar-refractivity contribution in [3.05, 3.63) is 63.6 Å². The molecule has 1 heterocycles. The van der Waals surface area contributed by atoms with Crippen molar-refractivity contribution in [2.24, 2.45) is 11.5 Å². The van der Waals surface area contributed by atoms with E-state index >= 15 is 0 Å². The number of aromatic amines is 1. The second-order valence-corrected chi connectivity index (χ2v) is 8.90. The molecular weight excluding hydrogens is 416 g/mol. The molecule has 1 aromatic heterocycles. The number of thiazole rings is 1. The number of carbonyl (C=O) groups is 2. The second-order valence-electron chi connectivity index (χ2n) is 7.18. The Hall–Kier alpha value is -2.39. The first-order valence-electron chi connectivity index (χ1n) is 9.95. The first-order valence-corrected chi connectivity index (χ1v) is 11.2. The molecule has 6 N–H and O–H groups in total. The van der Waals surface area contributed by atoms with Gasteiger partial charge < -0.3 is 21.8 Å². The van der Waals surface area contributed by atoms with Crippen molar-refractivity contribution < 1.29 is 9.59 Å². The molecule has 0 aliphatic heterocycles. The van der Waals surface area contributed by atoms with Gasteiger partial charge >= 0.3 is 0 Å². The topological polar surface area (TPSA) is 114 Å². The lowest BCUT2D eigenvalue weighted by atomic mass is 9.98. The molecule has 0 aliphatic rings. The largest absolute Gasteiger partial charge is 0.345 e.